The molecule has 0 amide bonds. The Balaban J connectivity index is 1.67. The van der Waals surface area contributed by atoms with E-state index in [1.807, 2.05) is 48.5 Å². The highest BCUT2D eigenvalue weighted by Crippen LogP contribution is 2.43. The fourth-order valence-corrected chi connectivity index (χ4v) is 4.15. The van der Waals surface area contributed by atoms with Crippen molar-refractivity contribution < 1.29 is 33.3 Å². The predicted octanol–water partition coefficient (Wildman–Crippen LogP) is 5.31. The van der Waals surface area contributed by atoms with Gasteiger partial charge in [-0.3, -0.25) is 14.4 Å². The second kappa shape index (κ2) is 9.07. The molecule has 180 valence electrons. The summed E-state index contributed by atoms with van der Waals surface area (Å²) in [5, 5.41) is 0.828. The molecule has 0 spiro atoms. The lowest BCUT2D eigenvalue weighted by Gasteiger charge is -2.08. The van der Waals surface area contributed by atoms with Crippen LogP contribution in [0.1, 0.15) is 29.8 Å². The number of fused-ring (bicyclic) bond motifs is 2. The van der Waals surface area contributed by atoms with Gasteiger partial charge in [0.05, 0.1) is 12.8 Å². The van der Waals surface area contributed by atoms with Gasteiger partial charge in [-0.15, -0.1) is 0 Å². The number of aromatic nitrogens is 1. The van der Waals surface area contributed by atoms with Crippen LogP contribution in [0.2, 0.25) is 0 Å². The molecule has 2 heterocycles. The third kappa shape index (κ3) is 4.20. The van der Waals surface area contributed by atoms with Crippen LogP contribution in [0.4, 0.5) is 0 Å². The summed E-state index contributed by atoms with van der Waals surface area (Å²) in [7, 11) is 1.58. The van der Waals surface area contributed by atoms with Gasteiger partial charge in [0.2, 0.25) is 5.78 Å². The van der Waals surface area contributed by atoms with E-state index in [2.05, 4.69) is 4.98 Å². The number of rotatable bonds is 5. The van der Waals surface area contributed by atoms with E-state index in [0.29, 0.717) is 5.75 Å². The summed E-state index contributed by atoms with van der Waals surface area (Å²) in [6, 6.07) is 18.0. The molecule has 4 aromatic rings. The number of nitrogens with one attached hydrogen (secondary N) is 1. The molecule has 0 saturated carbocycles. The molecule has 0 radical (unpaired) electrons. The number of H-pyrrole nitrogens is 1. The van der Waals surface area contributed by atoms with Gasteiger partial charge >= 0.3 is 11.9 Å². The van der Waals surface area contributed by atoms with Gasteiger partial charge in [0.1, 0.15) is 28.6 Å². The summed E-state index contributed by atoms with van der Waals surface area (Å²) in [6.07, 6.45) is 1.64. The van der Waals surface area contributed by atoms with Crippen molar-refractivity contribution in [1.29, 1.82) is 0 Å². The Kier molecular flexibility index (Phi) is 5.77. The van der Waals surface area contributed by atoms with Crippen LogP contribution in [0, 0.1) is 0 Å². The van der Waals surface area contributed by atoms with Crippen molar-refractivity contribution in [1.82, 2.24) is 4.98 Å². The van der Waals surface area contributed by atoms with Crippen molar-refractivity contribution in [2.75, 3.05) is 7.11 Å². The number of methoxy groups -OCH3 is 1. The zero-order chi connectivity index (χ0) is 25.4. The quantitative estimate of drug-likeness (QED) is 0.233. The summed E-state index contributed by atoms with van der Waals surface area (Å²) < 4.78 is 21.7. The van der Waals surface area contributed by atoms with E-state index in [0.717, 1.165) is 27.7 Å². The van der Waals surface area contributed by atoms with Gasteiger partial charge in [-0.2, -0.15) is 0 Å². The lowest BCUT2D eigenvalue weighted by molar-refractivity contribution is -0.132. The first-order valence-electron chi connectivity index (χ1n) is 11.1. The zero-order valence-corrected chi connectivity index (χ0v) is 19.7. The molecule has 5 rings (SSSR count). The van der Waals surface area contributed by atoms with Crippen LogP contribution in [-0.4, -0.2) is 29.8 Å². The van der Waals surface area contributed by atoms with Crippen LogP contribution in [0.3, 0.4) is 0 Å². The maximum Gasteiger partial charge on any atom is 0.308 e. The van der Waals surface area contributed by atoms with Crippen LogP contribution in [-0.2, 0) is 9.59 Å². The van der Waals surface area contributed by atoms with Crippen LogP contribution < -0.4 is 18.9 Å². The largest absolute Gasteiger partial charge is 0.497 e. The minimum absolute atomic E-state index is 0.0271. The van der Waals surface area contributed by atoms with E-state index >= 15 is 0 Å². The molecule has 8 nitrogen and oxygen atoms in total. The summed E-state index contributed by atoms with van der Waals surface area (Å²) in [5.41, 5.74) is 3.36. The molecule has 0 bridgehead atoms. The molecule has 36 heavy (non-hydrogen) atoms. The van der Waals surface area contributed by atoms with Crippen molar-refractivity contribution in [3.8, 4) is 34.3 Å². The van der Waals surface area contributed by atoms with E-state index in [1.54, 1.807) is 13.2 Å². The smallest absolute Gasteiger partial charge is 0.308 e. The van der Waals surface area contributed by atoms with E-state index in [-0.39, 0.29) is 28.6 Å². The highest BCUT2D eigenvalue weighted by atomic mass is 16.6. The second-order valence-corrected chi connectivity index (χ2v) is 8.11. The number of aromatic amines is 1. The SMILES string of the molecule is COc1ccc2[nH]c(-c3ccccc3)c(/C=C3/Oc4cc(OC(C)=O)cc(OC(C)=O)c4C3=O)c2c1. The maximum atomic E-state index is 13.4. The predicted molar refractivity (Wildman–Crippen MR) is 132 cm³/mol. The van der Waals surface area contributed by atoms with Crippen LogP contribution in [0.15, 0.2) is 66.4 Å². The average Bonchev–Trinajstić information content (AvgIpc) is 3.36. The number of Topliss-reactive ketones (excluding diaryl/α,β-unsaturated/α-hetero) is 1. The summed E-state index contributed by atoms with van der Waals surface area (Å²) in [5.74, 6) is -0.805. The van der Waals surface area contributed by atoms with Gasteiger partial charge in [0, 0.05) is 42.4 Å². The number of hydrogen-bond donors (Lipinski definition) is 1. The van der Waals surface area contributed by atoms with Crippen molar-refractivity contribution in [3.05, 3.63) is 77.5 Å². The third-order valence-corrected chi connectivity index (χ3v) is 5.61. The second-order valence-electron chi connectivity index (χ2n) is 8.11. The Labute approximate surface area is 206 Å². The minimum Gasteiger partial charge on any atom is -0.497 e. The fraction of sp³-hybridized carbons (Fsp3) is 0.107. The van der Waals surface area contributed by atoms with Gasteiger partial charge in [0.25, 0.3) is 0 Å². The van der Waals surface area contributed by atoms with E-state index in [1.165, 1.54) is 26.0 Å². The number of benzene rings is 3. The molecule has 3 aromatic carbocycles. The third-order valence-electron chi connectivity index (χ3n) is 5.61. The Morgan fingerprint density at radius 2 is 1.67 bits per heavy atom. The van der Waals surface area contributed by atoms with Gasteiger partial charge < -0.3 is 23.9 Å². The van der Waals surface area contributed by atoms with Gasteiger partial charge in [0.15, 0.2) is 5.76 Å². The number of carbonyl (C=O) groups excluding carboxylic acids is 3. The highest BCUT2D eigenvalue weighted by molar-refractivity contribution is 6.17. The topological polar surface area (TPSA) is 104 Å². The molecule has 8 heteroatoms. The van der Waals surface area contributed by atoms with Crippen LogP contribution >= 0.6 is 0 Å². The zero-order valence-electron chi connectivity index (χ0n) is 19.7. The Morgan fingerprint density at radius 3 is 2.36 bits per heavy atom. The van der Waals surface area contributed by atoms with E-state index in [9.17, 15) is 14.4 Å². The minimum atomic E-state index is -0.627. The number of esters is 2. The molecule has 1 aliphatic heterocycles. The molecular weight excluding hydrogens is 462 g/mol. The summed E-state index contributed by atoms with van der Waals surface area (Å²) >= 11 is 0. The normalized spacial score (nSPS) is 13.4. The Morgan fingerprint density at radius 1 is 0.917 bits per heavy atom. The number of hydrogen-bond acceptors (Lipinski definition) is 7. The molecule has 1 N–H and O–H groups in total. The van der Waals surface area contributed by atoms with Crippen molar-refractivity contribution in [2.45, 2.75) is 13.8 Å². The molecule has 0 atom stereocenters. The first kappa shape index (κ1) is 22.9. The van der Waals surface area contributed by atoms with Gasteiger partial charge in [-0.25, -0.2) is 0 Å². The van der Waals surface area contributed by atoms with Crippen molar-refractivity contribution in [2.24, 2.45) is 0 Å². The lowest BCUT2D eigenvalue weighted by atomic mass is 10.0. The van der Waals surface area contributed by atoms with Gasteiger partial charge in [-0.05, 0) is 29.8 Å². The van der Waals surface area contributed by atoms with E-state index < -0.39 is 17.7 Å². The van der Waals surface area contributed by atoms with Crippen molar-refractivity contribution >= 4 is 34.7 Å². The Hall–Kier alpha value is -4.85. The maximum absolute atomic E-state index is 13.4. The summed E-state index contributed by atoms with van der Waals surface area (Å²) in [4.78, 5) is 40.0. The van der Waals surface area contributed by atoms with Gasteiger partial charge in [-0.1, -0.05) is 30.3 Å². The molecular formula is C28H21NO7. The first-order valence-corrected chi connectivity index (χ1v) is 11.1. The number of allylic oxidation sites excluding steroid dienone is 1. The molecule has 0 aliphatic carbocycles. The summed E-state index contributed by atoms with van der Waals surface area (Å²) in [6.45, 7) is 2.46. The first-order chi connectivity index (χ1) is 17.3. The van der Waals surface area contributed by atoms with E-state index in [4.69, 9.17) is 18.9 Å². The standard InChI is InChI=1S/C28H21NO7/c1-15(30)34-19-12-23(35-16(2)31)26-24(13-19)36-25(28(26)32)14-21-20-11-18(33-3)9-10-22(20)29-27(21)17-7-5-4-6-8-17/h4-14,29H,1-3H3/b25-14+. The Bertz CT molecular complexity index is 1560. The average molecular weight is 483 g/mol. The molecule has 1 aromatic heterocycles. The molecule has 0 fully saturated rings. The lowest BCUT2D eigenvalue weighted by Crippen LogP contribution is -2.07. The number of carbonyl (C=O) groups is 3. The number of ether oxygens (including phenoxy) is 4. The number of ketones is 1. The molecule has 0 saturated heterocycles. The molecule has 0 unspecified atom stereocenters. The monoisotopic (exact) mass is 483 g/mol. The fourth-order valence-electron chi connectivity index (χ4n) is 4.15. The van der Waals surface area contributed by atoms with Crippen LogP contribution in [0.5, 0.6) is 23.0 Å². The van der Waals surface area contributed by atoms with Crippen LogP contribution in [0.25, 0.3) is 28.2 Å². The van der Waals surface area contributed by atoms with Crippen molar-refractivity contribution in [3.63, 3.8) is 0 Å². The molecule has 1 aliphatic rings. The highest BCUT2D eigenvalue weighted by Gasteiger charge is 2.33.